The summed E-state index contributed by atoms with van der Waals surface area (Å²) in [6.07, 6.45) is 0. The summed E-state index contributed by atoms with van der Waals surface area (Å²) >= 11 is 1.56. The summed E-state index contributed by atoms with van der Waals surface area (Å²) in [7, 11) is 0. The lowest BCUT2D eigenvalue weighted by Gasteiger charge is -2.06. The number of para-hydroxylation sites is 1. The van der Waals surface area contributed by atoms with Crippen LogP contribution < -0.4 is 10.1 Å². The molecule has 1 aromatic heterocycles. The molecule has 114 valence electrons. The Morgan fingerprint density at radius 1 is 1.22 bits per heavy atom. The average Bonchev–Trinajstić information content (AvgIpc) is 3.01. The maximum absolute atomic E-state index is 11.8. The second kappa shape index (κ2) is 6.90. The van der Waals surface area contributed by atoms with Crippen molar-refractivity contribution in [2.45, 2.75) is 6.54 Å². The largest absolute Gasteiger partial charge is 0.484 e. The second-order valence-electron chi connectivity index (χ2n) is 4.78. The van der Waals surface area contributed by atoms with Gasteiger partial charge in [0.15, 0.2) is 6.61 Å². The molecule has 0 saturated carbocycles. The average molecular weight is 323 g/mol. The number of ether oxygens (including phenoxy) is 1. The van der Waals surface area contributed by atoms with Crippen molar-refractivity contribution in [2.75, 3.05) is 6.61 Å². The Labute approximate surface area is 137 Å². The van der Waals surface area contributed by atoms with Gasteiger partial charge in [0, 0.05) is 0 Å². The van der Waals surface area contributed by atoms with Crippen LogP contribution in [0.15, 0.2) is 48.5 Å². The van der Waals surface area contributed by atoms with E-state index in [1.54, 1.807) is 35.6 Å². The van der Waals surface area contributed by atoms with Gasteiger partial charge in [-0.2, -0.15) is 5.26 Å². The predicted molar refractivity (Wildman–Crippen MR) is 88.1 cm³/mol. The Morgan fingerprint density at radius 2 is 2.00 bits per heavy atom. The van der Waals surface area contributed by atoms with Crippen molar-refractivity contribution in [1.82, 2.24) is 10.3 Å². The molecule has 3 rings (SSSR count). The fourth-order valence-electron chi connectivity index (χ4n) is 2.00. The van der Waals surface area contributed by atoms with Crippen molar-refractivity contribution in [2.24, 2.45) is 0 Å². The van der Waals surface area contributed by atoms with E-state index in [2.05, 4.69) is 10.3 Å². The van der Waals surface area contributed by atoms with E-state index in [9.17, 15) is 4.79 Å². The molecular weight excluding hydrogens is 310 g/mol. The minimum absolute atomic E-state index is 0.0726. The van der Waals surface area contributed by atoms with Crippen LogP contribution in [0.3, 0.4) is 0 Å². The quantitative estimate of drug-likeness (QED) is 0.783. The van der Waals surface area contributed by atoms with Gasteiger partial charge in [-0.25, -0.2) is 4.98 Å². The molecule has 0 fully saturated rings. The molecule has 0 saturated heterocycles. The normalized spacial score (nSPS) is 10.2. The lowest BCUT2D eigenvalue weighted by Crippen LogP contribution is -2.28. The van der Waals surface area contributed by atoms with Crippen LogP contribution in [0.1, 0.15) is 10.6 Å². The Kier molecular flexibility index (Phi) is 4.50. The SMILES string of the molecule is N#Cc1ccc(OCC(=O)NCc2nc3ccccc3s2)cc1. The molecule has 0 bridgehead atoms. The molecule has 0 aliphatic heterocycles. The van der Waals surface area contributed by atoms with Crippen LogP contribution in [-0.2, 0) is 11.3 Å². The molecule has 0 atom stereocenters. The summed E-state index contributed by atoms with van der Waals surface area (Å²) in [6, 6.07) is 16.5. The van der Waals surface area contributed by atoms with E-state index in [0.29, 0.717) is 17.9 Å². The first-order chi connectivity index (χ1) is 11.2. The maximum atomic E-state index is 11.8. The molecule has 0 aliphatic carbocycles. The molecule has 23 heavy (non-hydrogen) atoms. The fraction of sp³-hybridized carbons (Fsp3) is 0.118. The van der Waals surface area contributed by atoms with Crippen LogP contribution in [0.25, 0.3) is 10.2 Å². The third kappa shape index (κ3) is 3.84. The Bertz CT molecular complexity index is 832. The van der Waals surface area contributed by atoms with Gasteiger partial charge in [-0.05, 0) is 36.4 Å². The van der Waals surface area contributed by atoms with Crippen molar-refractivity contribution in [3.63, 3.8) is 0 Å². The van der Waals surface area contributed by atoms with Gasteiger partial charge in [0.2, 0.25) is 0 Å². The molecule has 0 aliphatic rings. The number of benzene rings is 2. The molecule has 0 spiro atoms. The molecule has 2 aromatic carbocycles. The van der Waals surface area contributed by atoms with Crippen LogP contribution in [0, 0.1) is 11.3 Å². The summed E-state index contributed by atoms with van der Waals surface area (Å²) in [5.41, 5.74) is 1.49. The van der Waals surface area contributed by atoms with Crippen LogP contribution in [0.4, 0.5) is 0 Å². The number of carbonyl (C=O) groups is 1. The van der Waals surface area contributed by atoms with Gasteiger partial charge >= 0.3 is 0 Å². The number of nitriles is 1. The van der Waals surface area contributed by atoms with E-state index in [-0.39, 0.29) is 12.5 Å². The standard InChI is InChI=1S/C17H13N3O2S/c18-9-12-5-7-13(8-6-12)22-11-16(21)19-10-17-20-14-3-1-2-4-15(14)23-17/h1-8H,10-11H2,(H,19,21). The molecule has 0 radical (unpaired) electrons. The zero-order valence-electron chi connectivity index (χ0n) is 12.2. The lowest BCUT2D eigenvalue weighted by molar-refractivity contribution is -0.123. The molecule has 6 heteroatoms. The number of thiazole rings is 1. The van der Waals surface area contributed by atoms with E-state index in [0.717, 1.165) is 15.2 Å². The zero-order chi connectivity index (χ0) is 16.1. The zero-order valence-corrected chi connectivity index (χ0v) is 13.0. The van der Waals surface area contributed by atoms with Crippen LogP contribution in [0.2, 0.25) is 0 Å². The lowest BCUT2D eigenvalue weighted by atomic mass is 10.2. The van der Waals surface area contributed by atoms with Crippen molar-refractivity contribution in [3.05, 3.63) is 59.1 Å². The first-order valence-corrected chi connectivity index (χ1v) is 7.80. The minimum atomic E-state index is -0.214. The van der Waals surface area contributed by atoms with Gasteiger partial charge in [0.1, 0.15) is 10.8 Å². The number of amides is 1. The molecule has 1 amide bonds. The minimum Gasteiger partial charge on any atom is -0.484 e. The molecule has 1 N–H and O–H groups in total. The third-order valence-corrected chi connectivity index (χ3v) is 4.16. The number of hydrogen-bond donors (Lipinski definition) is 1. The van der Waals surface area contributed by atoms with Crippen LogP contribution >= 0.6 is 11.3 Å². The highest BCUT2D eigenvalue weighted by Gasteiger charge is 2.06. The summed E-state index contributed by atoms with van der Waals surface area (Å²) < 4.78 is 6.48. The van der Waals surface area contributed by atoms with E-state index < -0.39 is 0 Å². The topological polar surface area (TPSA) is 75.0 Å². The number of rotatable bonds is 5. The first kappa shape index (κ1) is 15.0. The highest BCUT2D eigenvalue weighted by atomic mass is 32.1. The smallest absolute Gasteiger partial charge is 0.258 e. The van der Waals surface area contributed by atoms with Crippen molar-refractivity contribution < 1.29 is 9.53 Å². The second-order valence-corrected chi connectivity index (χ2v) is 5.89. The molecule has 0 unspecified atom stereocenters. The third-order valence-electron chi connectivity index (χ3n) is 3.13. The van der Waals surface area contributed by atoms with Gasteiger partial charge in [0.05, 0.1) is 28.4 Å². The van der Waals surface area contributed by atoms with E-state index in [4.69, 9.17) is 10.00 Å². The number of nitrogens with zero attached hydrogens (tertiary/aromatic N) is 2. The van der Waals surface area contributed by atoms with Gasteiger partial charge in [-0.15, -0.1) is 11.3 Å². The van der Waals surface area contributed by atoms with Gasteiger partial charge in [-0.1, -0.05) is 12.1 Å². The Hall–Kier alpha value is -2.91. The number of nitrogens with one attached hydrogen (secondary N) is 1. The van der Waals surface area contributed by atoms with Crippen LogP contribution in [0.5, 0.6) is 5.75 Å². The summed E-state index contributed by atoms with van der Waals surface area (Å²) in [5.74, 6) is 0.341. The summed E-state index contributed by atoms with van der Waals surface area (Å²) in [6.45, 7) is 0.311. The number of hydrogen-bond acceptors (Lipinski definition) is 5. The monoisotopic (exact) mass is 323 g/mol. The summed E-state index contributed by atoms with van der Waals surface area (Å²) in [4.78, 5) is 16.3. The van der Waals surface area contributed by atoms with Crippen molar-refractivity contribution >= 4 is 27.5 Å². The Morgan fingerprint density at radius 3 is 2.74 bits per heavy atom. The maximum Gasteiger partial charge on any atom is 0.258 e. The van der Waals surface area contributed by atoms with E-state index in [1.165, 1.54) is 0 Å². The number of aromatic nitrogens is 1. The van der Waals surface area contributed by atoms with Crippen molar-refractivity contribution in [3.8, 4) is 11.8 Å². The number of fused-ring (bicyclic) bond motifs is 1. The predicted octanol–water partition coefficient (Wildman–Crippen LogP) is 2.86. The van der Waals surface area contributed by atoms with E-state index >= 15 is 0 Å². The van der Waals surface area contributed by atoms with Gasteiger partial charge < -0.3 is 10.1 Å². The fourth-order valence-corrected chi connectivity index (χ4v) is 2.90. The van der Waals surface area contributed by atoms with E-state index in [1.807, 2.05) is 30.3 Å². The van der Waals surface area contributed by atoms with Gasteiger partial charge in [-0.3, -0.25) is 4.79 Å². The highest BCUT2D eigenvalue weighted by molar-refractivity contribution is 7.18. The molecular formula is C17H13N3O2S. The van der Waals surface area contributed by atoms with Crippen molar-refractivity contribution in [1.29, 1.82) is 5.26 Å². The number of carbonyl (C=O) groups excluding carboxylic acids is 1. The molecule has 1 heterocycles. The van der Waals surface area contributed by atoms with Crippen LogP contribution in [-0.4, -0.2) is 17.5 Å². The Balaban J connectivity index is 1.50. The highest BCUT2D eigenvalue weighted by Crippen LogP contribution is 2.21. The first-order valence-electron chi connectivity index (χ1n) is 6.99. The van der Waals surface area contributed by atoms with Gasteiger partial charge in [0.25, 0.3) is 5.91 Å². The summed E-state index contributed by atoms with van der Waals surface area (Å²) in [5, 5.41) is 12.4. The molecule has 3 aromatic rings. The molecule has 5 nitrogen and oxygen atoms in total.